The molecule has 0 bridgehead atoms. The van der Waals surface area contributed by atoms with E-state index >= 15 is 0 Å². The Morgan fingerprint density at radius 3 is 2.24 bits per heavy atom. The summed E-state index contributed by atoms with van der Waals surface area (Å²) in [6.45, 7) is 5.27. The van der Waals surface area contributed by atoms with Crippen LogP contribution in [-0.2, 0) is 30.3 Å². The molecule has 0 radical (unpaired) electrons. The normalized spacial score (nSPS) is 27.5. The molecule has 2 aliphatic heterocycles. The molecule has 42 heavy (non-hydrogen) atoms. The lowest BCUT2D eigenvalue weighted by Gasteiger charge is -2.55. The first-order valence-electron chi connectivity index (χ1n) is 14.2. The third-order valence-electron chi connectivity index (χ3n) is 7.32. The molecule has 1 unspecified atom stereocenters. The summed E-state index contributed by atoms with van der Waals surface area (Å²) in [7, 11) is 0. The molecule has 2 N–H and O–H groups in total. The van der Waals surface area contributed by atoms with Gasteiger partial charge in [-0.05, 0) is 38.5 Å². The van der Waals surface area contributed by atoms with Crippen LogP contribution in [0.3, 0.4) is 0 Å². The van der Waals surface area contributed by atoms with Gasteiger partial charge in [-0.1, -0.05) is 78.9 Å². The van der Waals surface area contributed by atoms with Gasteiger partial charge in [-0.25, -0.2) is 4.79 Å². The molecule has 9 nitrogen and oxygen atoms in total. The lowest BCUT2D eigenvalue weighted by Crippen LogP contribution is -2.75. The van der Waals surface area contributed by atoms with Crippen LogP contribution < -0.4 is 10.1 Å². The van der Waals surface area contributed by atoms with E-state index < -0.39 is 54.5 Å². The van der Waals surface area contributed by atoms with Crippen molar-refractivity contribution < 1.29 is 38.3 Å². The van der Waals surface area contributed by atoms with E-state index in [1.165, 1.54) is 0 Å². The van der Waals surface area contributed by atoms with Gasteiger partial charge in [0.1, 0.15) is 23.0 Å². The van der Waals surface area contributed by atoms with Gasteiger partial charge in [0.25, 0.3) is 0 Å². The summed E-state index contributed by atoms with van der Waals surface area (Å²) in [5.41, 5.74) is -0.519. The fraction of sp³-hybridized carbons (Fsp3) is 0.424. The number of hydrogen-bond donors (Lipinski definition) is 2. The van der Waals surface area contributed by atoms with Crippen LogP contribution >= 0.6 is 0 Å². The Hall–Kier alpha value is -3.47. The number of nitrogens with one attached hydrogen (secondary N) is 1. The molecule has 2 fully saturated rings. The Labute approximate surface area is 246 Å². The molecule has 0 aliphatic carbocycles. The van der Waals surface area contributed by atoms with E-state index in [-0.39, 0.29) is 19.8 Å². The summed E-state index contributed by atoms with van der Waals surface area (Å²) in [4.78, 5) is 13.3. The van der Waals surface area contributed by atoms with Gasteiger partial charge in [0.2, 0.25) is 0 Å². The van der Waals surface area contributed by atoms with Gasteiger partial charge in [-0.15, -0.1) is 0 Å². The molecule has 3 aromatic carbocycles. The van der Waals surface area contributed by atoms with Crippen molar-refractivity contribution >= 4 is 6.09 Å². The van der Waals surface area contributed by atoms with Crippen molar-refractivity contribution in [2.45, 2.75) is 63.3 Å². The number of aliphatic hydroxyl groups is 1. The van der Waals surface area contributed by atoms with E-state index in [1.807, 2.05) is 91.0 Å². The molecule has 0 saturated carbocycles. The number of rotatable bonds is 9. The quantitative estimate of drug-likeness (QED) is 0.367. The molecule has 2 heterocycles. The van der Waals surface area contributed by atoms with E-state index in [0.717, 1.165) is 11.1 Å². The van der Waals surface area contributed by atoms with Crippen molar-refractivity contribution in [2.24, 2.45) is 5.92 Å². The number of carbonyl (C=O) groups excluding carboxylic acids is 1. The number of aliphatic hydroxyl groups excluding tert-OH is 1. The minimum absolute atomic E-state index is 0.0810. The molecule has 224 valence electrons. The fourth-order valence-corrected chi connectivity index (χ4v) is 5.31. The second-order valence-corrected chi connectivity index (χ2v) is 11.5. The number of para-hydroxylation sites is 1. The highest BCUT2D eigenvalue weighted by molar-refractivity contribution is 5.69. The zero-order valence-corrected chi connectivity index (χ0v) is 24.2. The Balaban J connectivity index is 1.51. The molecule has 0 aromatic heterocycles. The van der Waals surface area contributed by atoms with E-state index in [9.17, 15) is 9.90 Å². The SMILES string of the molecule is CC(C)(C)OC(=O)N[C@@]1(CO)[C@H](OCc2ccccc2)O[C@@H]2COC(c3ccccc3)O[C@H]2[C@@H]1COc1ccccc1. The Morgan fingerprint density at radius 1 is 0.952 bits per heavy atom. The number of hydrogen-bond acceptors (Lipinski definition) is 8. The maximum atomic E-state index is 13.3. The first kappa shape index (κ1) is 30.0. The summed E-state index contributed by atoms with van der Waals surface area (Å²) >= 11 is 0. The zero-order valence-electron chi connectivity index (χ0n) is 24.2. The monoisotopic (exact) mass is 577 g/mol. The van der Waals surface area contributed by atoms with Gasteiger partial charge in [0, 0.05) is 5.56 Å². The molecular formula is C33H39NO8. The first-order chi connectivity index (χ1) is 20.3. The van der Waals surface area contributed by atoms with Gasteiger partial charge in [0.05, 0.1) is 38.4 Å². The van der Waals surface area contributed by atoms with Gasteiger partial charge in [0.15, 0.2) is 12.6 Å². The highest BCUT2D eigenvalue weighted by Gasteiger charge is 2.60. The molecular weight excluding hydrogens is 538 g/mol. The lowest BCUT2D eigenvalue weighted by molar-refractivity contribution is -0.359. The number of benzene rings is 3. The van der Waals surface area contributed by atoms with E-state index in [1.54, 1.807) is 20.8 Å². The van der Waals surface area contributed by atoms with Gasteiger partial charge < -0.3 is 38.8 Å². The molecule has 3 aromatic rings. The third kappa shape index (κ3) is 7.11. The summed E-state index contributed by atoms with van der Waals surface area (Å²) in [5.74, 6) is 0.00272. The number of alkyl carbamates (subject to hydrolysis) is 1. The summed E-state index contributed by atoms with van der Waals surface area (Å²) < 4.78 is 37.3. The lowest BCUT2D eigenvalue weighted by atomic mass is 9.75. The van der Waals surface area contributed by atoms with Crippen LogP contribution in [-0.4, -0.2) is 60.7 Å². The van der Waals surface area contributed by atoms with Gasteiger partial charge >= 0.3 is 6.09 Å². The second-order valence-electron chi connectivity index (χ2n) is 11.5. The second kappa shape index (κ2) is 13.2. The summed E-state index contributed by atoms with van der Waals surface area (Å²) in [5, 5.41) is 14.1. The number of fused-ring (bicyclic) bond motifs is 1. The summed E-state index contributed by atoms with van der Waals surface area (Å²) in [6.07, 6.45) is -3.67. The molecule has 6 atom stereocenters. The smallest absolute Gasteiger partial charge is 0.408 e. The number of carbonyl (C=O) groups is 1. The van der Waals surface area contributed by atoms with Crippen LogP contribution in [0.25, 0.3) is 0 Å². The maximum absolute atomic E-state index is 13.3. The highest BCUT2D eigenvalue weighted by atomic mass is 16.7. The predicted molar refractivity (Wildman–Crippen MR) is 155 cm³/mol. The van der Waals surface area contributed by atoms with Crippen LogP contribution in [0.15, 0.2) is 91.0 Å². The molecule has 9 heteroatoms. The molecule has 5 rings (SSSR count). The highest BCUT2D eigenvalue weighted by Crippen LogP contribution is 2.43. The van der Waals surface area contributed by atoms with Gasteiger partial charge in [-0.3, -0.25) is 0 Å². The topological polar surface area (TPSA) is 105 Å². The van der Waals surface area contributed by atoms with Crippen molar-refractivity contribution in [1.82, 2.24) is 5.32 Å². The average Bonchev–Trinajstić information content (AvgIpc) is 2.99. The zero-order chi connectivity index (χ0) is 29.6. The third-order valence-corrected chi connectivity index (χ3v) is 7.32. The van der Waals surface area contributed by atoms with E-state index in [0.29, 0.717) is 5.75 Å². The van der Waals surface area contributed by atoms with Crippen molar-refractivity contribution in [3.8, 4) is 5.75 Å². The predicted octanol–water partition coefficient (Wildman–Crippen LogP) is 4.99. The molecule has 2 saturated heterocycles. The number of ether oxygens (including phenoxy) is 6. The summed E-state index contributed by atoms with van der Waals surface area (Å²) in [6, 6.07) is 28.6. The van der Waals surface area contributed by atoms with E-state index in [4.69, 9.17) is 28.4 Å². The maximum Gasteiger partial charge on any atom is 0.408 e. The van der Waals surface area contributed by atoms with Crippen LogP contribution in [0.4, 0.5) is 4.79 Å². The minimum atomic E-state index is -1.49. The van der Waals surface area contributed by atoms with Crippen molar-refractivity contribution in [2.75, 3.05) is 19.8 Å². The van der Waals surface area contributed by atoms with E-state index in [2.05, 4.69) is 5.32 Å². The van der Waals surface area contributed by atoms with Crippen molar-refractivity contribution in [3.05, 3.63) is 102 Å². The molecule has 2 aliphatic rings. The van der Waals surface area contributed by atoms with Crippen LogP contribution in [0.1, 0.15) is 38.2 Å². The van der Waals surface area contributed by atoms with Crippen molar-refractivity contribution in [3.63, 3.8) is 0 Å². The van der Waals surface area contributed by atoms with Crippen LogP contribution in [0.2, 0.25) is 0 Å². The average molecular weight is 578 g/mol. The molecule has 0 spiro atoms. The van der Waals surface area contributed by atoms with Crippen molar-refractivity contribution in [1.29, 1.82) is 0 Å². The Bertz CT molecular complexity index is 1270. The minimum Gasteiger partial charge on any atom is -0.493 e. The Kier molecular flexibility index (Phi) is 9.45. The first-order valence-corrected chi connectivity index (χ1v) is 14.2. The van der Waals surface area contributed by atoms with Crippen LogP contribution in [0, 0.1) is 5.92 Å². The molecule has 1 amide bonds. The van der Waals surface area contributed by atoms with Crippen LogP contribution in [0.5, 0.6) is 5.75 Å². The van der Waals surface area contributed by atoms with Gasteiger partial charge in [-0.2, -0.15) is 0 Å². The largest absolute Gasteiger partial charge is 0.493 e. The standard InChI is InChI=1S/C33H39NO8/c1-32(2,3)42-31(36)34-33(22-35)26(20-37-25-17-11-6-12-18-25)28-27(21-38-29(41-28)24-15-9-5-10-16-24)40-30(33)39-19-23-13-7-4-8-14-23/h4-18,26-30,35H,19-22H2,1-3H3,(H,34,36)/t26-,27+,28-,29?,30+,33+/m0/s1. The Morgan fingerprint density at radius 2 is 1.60 bits per heavy atom. The number of amides is 1. The fourth-order valence-electron chi connectivity index (χ4n) is 5.31.